The maximum Gasteiger partial charge on any atom is 0.0786 e. The van der Waals surface area contributed by atoms with E-state index in [1.807, 2.05) is 0 Å². The molecule has 2 saturated heterocycles. The molecule has 2 aliphatic rings. The quantitative estimate of drug-likeness (QED) is 0.531. The van der Waals surface area contributed by atoms with Gasteiger partial charge >= 0.3 is 0 Å². The molecule has 0 amide bonds. The molecule has 0 aromatic heterocycles. The molecule has 2 aliphatic heterocycles. The lowest BCUT2D eigenvalue weighted by molar-refractivity contribution is -0.915. The molecular formula is C18H38N2+2. The van der Waals surface area contributed by atoms with Crippen LogP contribution in [0.2, 0.25) is 0 Å². The lowest BCUT2D eigenvalue weighted by atomic mass is 10.2. The van der Waals surface area contributed by atoms with Crippen molar-refractivity contribution in [1.82, 2.24) is 0 Å². The largest absolute Gasteiger partial charge is 0.326 e. The smallest absolute Gasteiger partial charge is 0.0786 e. The van der Waals surface area contributed by atoms with Gasteiger partial charge in [-0.25, -0.2) is 0 Å². The summed E-state index contributed by atoms with van der Waals surface area (Å²) in [6, 6.07) is 0. The highest BCUT2D eigenvalue weighted by atomic mass is 15.3. The molecule has 0 atom stereocenters. The van der Waals surface area contributed by atoms with Crippen LogP contribution in [0.5, 0.6) is 0 Å². The minimum atomic E-state index is 1.36. The van der Waals surface area contributed by atoms with Crippen LogP contribution in [-0.2, 0) is 0 Å². The third-order valence-electron chi connectivity index (χ3n) is 5.94. The van der Waals surface area contributed by atoms with Crippen molar-refractivity contribution in [3.63, 3.8) is 0 Å². The number of quaternary nitrogens is 2. The molecule has 0 aromatic carbocycles. The molecule has 2 rings (SSSR count). The van der Waals surface area contributed by atoms with Gasteiger partial charge < -0.3 is 8.97 Å². The second-order valence-electron chi connectivity index (χ2n) is 8.12. The summed E-state index contributed by atoms with van der Waals surface area (Å²) in [5, 5.41) is 0. The normalized spacial score (nSPS) is 26.7. The Morgan fingerprint density at radius 1 is 0.500 bits per heavy atom. The van der Waals surface area contributed by atoms with E-state index in [4.69, 9.17) is 0 Å². The van der Waals surface area contributed by atoms with Crippen molar-refractivity contribution in [2.75, 3.05) is 53.4 Å². The van der Waals surface area contributed by atoms with Gasteiger partial charge in [-0.05, 0) is 51.4 Å². The average molecular weight is 283 g/mol. The zero-order valence-electron chi connectivity index (χ0n) is 14.2. The molecular weight excluding hydrogens is 244 g/mol. The van der Waals surface area contributed by atoms with E-state index < -0.39 is 0 Å². The Morgan fingerprint density at radius 2 is 0.800 bits per heavy atom. The van der Waals surface area contributed by atoms with Gasteiger partial charge in [-0.2, -0.15) is 0 Å². The Balaban J connectivity index is 1.67. The van der Waals surface area contributed by atoms with Gasteiger partial charge in [0, 0.05) is 12.8 Å². The Labute approximate surface area is 127 Å². The third-order valence-corrected chi connectivity index (χ3v) is 5.94. The van der Waals surface area contributed by atoms with E-state index in [0.717, 1.165) is 0 Å². The molecule has 20 heavy (non-hydrogen) atoms. The Kier molecular flexibility index (Phi) is 6.35. The van der Waals surface area contributed by atoms with Gasteiger partial charge in [0.05, 0.1) is 53.4 Å². The number of rotatable bonds is 5. The van der Waals surface area contributed by atoms with Gasteiger partial charge in [-0.1, -0.05) is 0 Å². The van der Waals surface area contributed by atoms with Crippen LogP contribution < -0.4 is 0 Å². The summed E-state index contributed by atoms with van der Waals surface area (Å²) in [6.07, 6.45) is 14.6. The fraction of sp³-hybridized carbons (Fsp3) is 1.00. The van der Waals surface area contributed by atoms with Crippen LogP contribution in [0.4, 0.5) is 0 Å². The van der Waals surface area contributed by atoms with Crippen molar-refractivity contribution < 1.29 is 8.97 Å². The van der Waals surface area contributed by atoms with Gasteiger partial charge in [-0.15, -0.1) is 0 Å². The molecule has 2 nitrogen and oxygen atoms in total. The Hall–Kier alpha value is -0.0800. The first-order chi connectivity index (χ1) is 9.62. The van der Waals surface area contributed by atoms with E-state index in [9.17, 15) is 0 Å². The summed E-state index contributed by atoms with van der Waals surface area (Å²) < 4.78 is 2.73. The third kappa shape index (κ3) is 5.37. The van der Waals surface area contributed by atoms with Gasteiger partial charge in [-0.3, -0.25) is 0 Å². The Bertz CT molecular complexity index is 231. The highest BCUT2D eigenvalue weighted by Gasteiger charge is 2.25. The van der Waals surface area contributed by atoms with Crippen LogP contribution in [0.25, 0.3) is 0 Å². The summed E-state index contributed by atoms with van der Waals surface area (Å²) in [7, 11) is 5.01. The predicted octanol–water partition coefficient (Wildman–Crippen LogP) is 3.81. The summed E-state index contributed by atoms with van der Waals surface area (Å²) in [5.74, 6) is 0. The van der Waals surface area contributed by atoms with E-state index in [1.54, 1.807) is 0 Å². The first-order valence-electron chi connectivity index (χ1n) is 9.29. The standard InChI is InChI=1S/C18H38N2/c1-19(13-7-3-4-8-14-19)17-11-12-18-20(2)15-9-5-6-10-16-20/h3-18H2,1-2H3/q+2. The monoisotopic (exact) mass is 282 g/mol. The highest BCUT2D eigenvalue weighted by Crippen LogP contribution is 2.19. The number of hydrogen-bond acceptors (Lipinski definition) is 0. The van der Waals surface area contributed by atoms with Crippen molar-refractivity contribution >= 4 is 0 Å². The van der Waals surface area contributed by atoms with Crippen LogP contribution in [-0.4, -0.2) is 62.3 Å². The molecule has 2 heterocycles. The fourth-order valence-corrected chi connectivity index (χ4v) is 4.34. The number of unbranched alkanes of at least 4 members (excludes halogenated alkanes) is 1. The minimum absolute atomic E-state index is 1.36. The summed E-state index contributed by atoms with van der Waals surface area (Å²) in [5.41, 5.74) is 0. The van der Waals surface area contributed by atoms with E-state index in [-0.39, 0.29) is 0 Å². The van der Waals surface area contributed by atoms with Crippen LogP contribution >= 0.6 is 0 Å². The molecule has 0 aromatic rings. The van der Waals surface area contributed by atoms with E-state index in [2.05, 4.69) is 14.1 Å². The highest BCUT2D eigenvalue weighted by molar-refractivity contribution is 4.54. The molecule has 2 heteroatoms. The van der Waals surface area contributed by atoms with Crippen LogP contribution in [0.1, 0.15) is 64.2 Å². The molecule has 2 fully saturated rings. The van der Waals surface area contributed by atoms with Crippen molar-refractivity contribution in [3.05, 3.63) is 0 Å². The summed E-state index contributed by atoms with van der Waals surface area (Å²) in [6.45, 7) is 8.61. The maximum absolute atomic E-state index is 2.51. The lowest BCUT2D eigenvalue weighted by Crippen LogP contribution is -2.47. The molecule has 0 N–H and O–H groups in total. The predicted molar refractivity (Wildman–Crippen MR) is 87.7 cm³/mol. The number of likely N-dealkylation sites (tertiary alicyclic amines) is 2. The van der Waals surface area contributed by atoms with Gasteiger partial charge in [0.1, 0.15) is 0 Å². The summed E-state index contributed by atoms with van der Waals surface area (Å²) in [4.78, 5) is 0. The van der Waals surface area contributed by atoms with Crippen molar-refractivity contribution in [1.29, 1.82) is 0 Å². The molecule has 118 valence electrons. The maximum atomic E-state index is 2.51. The zero-order chi connectivity index (χ0) is 14.3. The Morgan fingerprint density at radius 3 is 1.10 bits per heavy atom. The fourth-order valence-electron chi connectivity index (χ4n) is 4.34. The molecule has 0 unspecified atom stereocenters. The van der Waals surface area contributed by atoms with Gasteiger partial charge in [0.2, 0.25) is 0 Å². The topological polar surface area (TPSA) is 0 Å². The molecule has 0 spiro atoms. The molecule has 0 bridgehead atoms. The van der Waals surface area contributed by atoms with Crippen molar-refractivity contribution in [2.45, 2.75) is 64.2 Å². The van der Waals surface area contributed by atoms with Crippen molar-refractivity contribution in [2.24, 2.45) is 0 Å². The number of nitrogens with zero attached hydrogens (tertiary/aromatic N) is 2. The van der Waals surface area contributed by atoms with E-state index in [1.165, 1.54) is 112 Å². The van der Waals surface area contributed by atoms with Crippen molar-refractivity contribution in [3.8, 4) is 0 Å². The van der Waals surface area contributed by atoms with Crippen LogP contribution in [0.15, 0.2) is 0 Å². The molecule has 0 aliphatic carbocycles. The second-order valence-corrected chi connectivity index (χ2v) is 8.12. The first kappa shape index (κ1) is 16.3. The van der Waals surface area contributed by atoms with Gasteiger partial charge in [0.15, 0.2) is 0 Å². The first-order valence-corrected chi connectivity index (χ1v) is 9.29. The lowest BCUT2D eigenvalue weighted by Gasteiger charge is -2.35. The zero-order valence-corrected chi connectivity index (χ0v) is 14.2. The van der Waals surface area contributed by atoms with E-state index >= 15 is 0 Å². The average Bonchev–Trinajstić information content (AvgIpc) is 2.77. The molecule has 0 radical (unpaired) electrons. The SMILES string of the molecule is C[N+]1(CCCC[N+]2(C)CCCCCC2)CCCCCC1. The second kappa shape index (κ2) is 7.79. The van der Waals surface area contributed by atoms with Crippen LogP contribution in [0, 0.1) is 0 Å². The van der Waals surface area contributed by atoms with Gasteiger partial charge in [0.25, 0.3) is 0 Å². The van der Waals surface area contributed by atoms with Crippen LogP contribution in [0.3, 0.4) is 0 Å². The molecule has 0 saturated carbocycles. The van der Waals surface area contributed by atoms with E-state index in [0.29, 0.717) is 0 Å². The minimum Gasteiger partial charge on any atom is -0.326 e. The summed E-state index contributed by atoms with van der Waals surface area (Å²) >= 11 is 0. The number of hydrogen-bond donors (Lipinski definition) is 0.